The summed E-state index contributed by atoms with van der Waals surface area (Å²) in [5.41, 5.74) is 0.641. The fourth-order valence-corrected chi connectivity index (χ4v) is 1.74. The van der Waals surface area contributed by atoms with Crippen LogP contribution in [0.15, 0.2) is 30.3 Å². The number of aliphatic carboxylic acids is 2. The number of benzene rings is 1. The van der Waals surface area contributed by atoms with E-state index >= 15 is 0 Å². The molecule has 3 atom stereocenters. The van der Waals surface area contributed by atoms with Gasteiger partial charge in [-0.25, -0.2) is 0 Å². The Morgan fingerprint density at radius 1 is 1.21 bits per heavy atom. The second kappa shape index (κ2) is 6.86. The van der Waals surface area contributed by atoms with Crippen molar-refractivity contribution < 1.29 is 24.9 Å². The largest absolute Gasteiger partial charge is 0.481 e. The topological polar surface area (TPSA) is 107 Å². The number of hydrogen-bond donors (Lipinski definition) is 4. The van der Waals surface area contributed by atoms with Gasteiger partial charge in [0, 0.05) is 6.04 Å². The molecule has 19 heavy (non-hydrogen) atoms. The van der Waals surface area contributed by atoms with Crippen LogP contribution in [0.3, 0.4) is 0 Å². The maximum atomic E-state index is 10.9. The third-order valence-corrected chi connectivity index (χ3v) is 2.76. The number of aliphatic hydroxyl groups is 1. The maximum absolute atomic E-state index is 10.9. The van der Waals surface area contributed by atoms with Crippen LogP contribution in [0.1, 0.15) is 25.0 Å². The highest BCUT2D eigenvalue weighted by Crippen LogP contribution is 2.16. The van der Waals surface area contributed by atoms with Crippen LogP contribution in [0.2, 0.25) is 0 Å². The highest BCUT2D eigenvalue weighted by Gasteiger charge is 2.26. The van der Waals surface area contributed by atoms with Crippen LogP contribution in [0.5, 0.6) is 0 Å². The monoisotopic (exact) mass is 267 g/mol. The highest BCUT2D eigenvalue weighted by molar-refractivity contribution is 5.80. The van der Waals surface area contributed by atoms with Crippen LogP contribution in [0, 0.1) is 0 Å². The summed E-state index contributed by atoms with van der Waals surface area (Å²) in [4.78, 5) is 21.5. The molecule has 6 heteroatoms. The summed E-state index contributed by atoms with van der Waals surface area (Å²) in [5, 5.41) is 30.2. The van der Waals surface area contributed by atoms with Crippen molar-refractivity contribution in [3.05, 3.63) is 35.9 Å². The van der Waals surface area contributed by atoms with E-state index in [4.69, 9.17) is 10.2 Å². The first-order valence-corrected chi connectivity index (χ1v) is 5.85. The summed E-state index contributed by atoms with van der Waals surface area (Å²) < 4.78 is 0. The minimum atomic E-state index is -1.26. The molecule has 4 N–H and O–H groups in total. The third kappa shape index (κ3) is 4.69. The molecule has 0 fully saturated rings. The van der Waals surface area contributed by atoms with E-state index in [2.05, 4.69) is 5.32 Å². The van der Waals surface area contributed by atoms with E-state index in [0.29, 0.717) is 5.56 Å². The lowest BCUT2D eigenvalue weighted by Gasteiger charge is -2.23. The SMILES string of the molecule is CC(NC(CC(=O)O)C(=O)O)C(O)c1ccccc1. The van der Waals surface area contributed by atoms with Gasteiger partial charge in [0.05, 0.1) is 12.5 Å². The first-order chi connectivity index (χ1) is 8.91. The number of nitrogens with one attached hydrogen (secondary N) is 1. The van der Waals surface area contributed by atoms with E-state index < -0.39 is 36.5 Å². The Bertz CT molecular complexity index is 434. The predicted molar refractivity (Wildman–Crippen MR) is 67.7 cm³/mol. The molecule has 0 saturated carbocycles. The van der Waals surface area contributed by atoms with Gasteiger partial charge in [0.1, 0.15) is 6.04 Å². The zero-order valence-corrected chi connectivity index (χ0v) is 10.5. The lowest BCUT2D eigenvalue weighted by atomic mass is 10.0. The van der Waals surface area contributed by atoms with Crippen LogP contribution in [0.4, 0.5) is 0 Å². The lowest BCUT2D eigenvalue weighted by Crippen LogP contribution is -2.45. The Hall–Kier alpha value is -1.92. The number of carboxylic acid groups (broad SMARTS) is 2. The quantitative estimate of drug-likeness (QED) is 0.577. The molecule has 0 amide bonds. The molecule has 0 spiro atoms. The van der Waals surface area contributed by atoms with Crippen LogP contribution >= 0.6 is 0 Å². The van der Waals surface area contributed by atoms with Gasteiger partial charge in [-0.3, -0.25) is 14.9 Å². The molecule has 0 radical (unpaired) electrons. The smallest absolute Gasteiger partial charge is 0.321 e. The Balaban J connectivity index is 2.69. The molecular formula is C13H17NO5. The van der Waals surface area contributed by atoms with E-state index in [9.17, 15) is 14.7 Å². The Labute approximate surface area is 110 Å². The second-order valence-corrected chi connectivity index (χ2v) is 4.30. The molecule has 0 aliphatic heterocycles. The summed E-state index contributed by atoms with van der Waals surface area (Å²) in [5.74, 6) is -2.46. The molecule has 0 saturated heterocycles. The lowest BCUT2D eigenvalue weighted by molar-refractivity contribution is -0.146. The average molecular weight is 267 g/mol. The number of rotatable bonds is 7. The number of hydrogen-bond acceptors (Lipinski definition) is 4. The van der Waals surface area contributed by atoms with Gasteiger partial charge in [-0.2, -0.15) is 0 Å². The molecular weight excluding hydrogens is 250 g/mol. The van der Waals surface area contributed by atoms with E-state index in [1.807, 2.05) is 0 Å². The normalized spacial score (nSPS) is 15.5. The molecule has 0 bridgehead atoms. The summed E-state index contributed by atoms with van der Waals surface area (Å²) >= 11 is 0. The van der Waals surface area contributed by atoms with Crippen molar-refractivity contribution in [2.24, 2.45) is 0 Å². The van der Waals surface area contributed by atoms with Crippen LogP contribution in [0.25, 0.3) is 0 Å². The Kier molecular flexibility index (Phi) is 5.47. The van der Waals surface area contributed by atoms with E-state index in [-0.39, 0.29) is 0 Å². The van der Waals surface area contributed by atoms with E-state index in [0.717, 1.165) is 0 Å². The Morgan fingerprint density at radius 2 is 1.79 bits per heavy atom. The van der Waals surface area contributed by atoms with Gasteiger partial charge in [-0.1, -0.05) is 30.3 Å². The van der Waals surface area contributed by atoms with Gasteiger partial charge in [-0.05, 0) is 12.5 Å². The van der Waals surface area contributed by atoms with Crippen molar-refractivity contribution >= 4 is 11.9 Å². The van der Waals surface area contributed by atoms with Gasteiger partial charge in [0.2, 0.25) is 0 Å². The standard InChI is InChI=1S/C13H17NO5/c1-8(12(17)9-5-3-2-4-6-9)14-10(13(18)19)7-11(15)16/h2-6,8,10,12,14,17H,7H2,1H3,(H,15,16)(H,18,19). The molecule has 0 aromatic heterocycles. The van der Waals surface area contributed by atoms with Gasteiger partial charge < -0.3 is 15.3 Å². The third-order valence-electron chi connectivity index (χ3n) is 2.76. The van der Waals surface area contributed by atoms with Crippen molar-refractivity contribution in [3.63, 3.8) is 0 Å². The predicted octanol–water partition coefficient (Wildman–Crippen LogP) is 0.626. The number of carbonyl (C=O) groups is 2. The molecule has 104 valence electrons. The van der Waals surface area contributed by atoms with Gasteiger partial charge in [-0.15, -0.1) is 0 Å². The molecule has 0 aliphatic carbocycles. The highest BCUT2D eigenvalue weighted by atomic mass is 16.4. The number of aliphatic hydroxyl groups excluding tert-OH is 1. The van der Waals surface area contributed by atoms with Gasteiger partial charge in [0.25, 0.3) is 0 Å². The van der Waals surface area contributed by atoms with Crippen molar-refractivity contribution in [1.29, 1.82) is 0 Å². The van der Waals surface area contributed by atoms with Crippen molar-refractivity contribution in [2.45, 2.75) is 31.5 Å². The minimum Gasteiger partial charge on any atom is -0.481 e. The first kappa shape index (κ1) is 15.1. The van der Waals surface area contributed by atoms with Crippen LogP contribution in [-0.2, 0) is 9.59 Å². The molecule has 3 unspecified atom stereocenters. The zero-order chi connectivity index (χ0) is 14.4. The zero-order valence-electron chi connectivity index (χ0n) is 10.5. The second-order valence-electron chi connectivity index (χ2n) is 4.30. The van der Waals surface area contributed by atoms with Crippen molar-refractivity contribution in [1.82, 2.24) is 5.32 Å². The summed E-state index contributed by atoms with van der Waals surface area (Å²) in [6.45, 7) is 1.61. The molecule has 1 rings (SSSR count). The number of carboxylic acids is 2. The van der Waals surface area contributed by atoms with Crippen LogP contribution < -0.4 is 5.32 Å². The fourth-order valence-electron chi connectivity index (χ4n) is 1.74. The fraction of sp³-hybridized carbons (Fsp3) is 0.385. The van der Waals surface area contributed by atoms with Gasteiger partial charge in [0.15, 0.2) is 0 Å². The van der Waals surface area contributed by atoms with Gasteiger partial charge >= 0.3 is 11.9 Å². The summed E-state index contributed by atoms with van der Waals surface area (Å²) in [6, 6.07) is 6.95. The molecule has 1 aromatic carbocycles. The van der Waals surface area contributed by atoms with Crippen molar-refractivity contribution in [3.8, 4) is 0 Å². The van der Waals surface area contributed by atoms with E-state index in [1.54, 1.807) is 37.3 Å². The molecule has 0 heterocycles. The first-order valence-electron chi connectivity index (χ1n) is 5.85. The minimum absolute atomic E-state index is 0.540. The molecule has 6 nitrogen and oxygen atoms in total. The average Bonchev–Trinajstić information content (AvgIpc) is 2.37. The van der Waals surface area contributed by atoms with E-state index in [1.165, 1.54) is 0 Å². The maximum Gasteiger partial charge on any atom is 0.321 e. The van der Waals surface area contributed by atoms with Crippen LogP contribution in [-0.4, -0.2) is 39.3 Å². The Morgan fingerprint density at radius 3 is 2.26 bits per heavy atom. The summed E-state index contributed by atoms with van der Waals surface area (Å²) in [7, 11) is 0. The van der Waals surface area contributed by atoms with Crippen molar-refractivity contribution in [2.75, 3.05) is 0 Å². The molecule has 0 aliphatic rings. The summed E-state index contributed by atoms with van der Waals surface area (Å²) in [6.07, 6.45) is -1.45. The molecule has 1 aromatic rings.